The summed E-state index contributed by atoms with van der Waals surface area (Å²) in [7, 11) is 0. The van der Waals surface area contributed by atoms with E-state index in [1.165, 1.54) is 0 Å². The maximum atomic E-state index is 11.7. The number of carbonyl (C=O) groups excluding carboxylic acids is 2. The Kier molecular flexibility index (Phi) is 12.3. The molecule has 0 radical (unpaired) electrons. The average molecular weight is 357 g/mol. The van der Waals surface area contributed by atoms with Gasteiger partial charge in [0, 0.05) is 39.1 Å². The van der Waals surface area contributed by atoms with Gasteiger partial charge in [-0.3, -0.25) is 9.59 Å². The lowest BCUT2D eigenvalue weighted by atomic mass is 10.1. The van der Waals surface area contributed by atoms with Crippen molar-refractivity contribution in [2.75, 3.05) is 45.9 Å². The minimum atomic E-state index is -0.0994. The lowest BCUT2D eigenvalue weighted by Gasteiger charge is -2.26. The largest absolute Gasteiger partial charge is 0.466 e. The molecule has 1 aliphatic heterocycles. The Morgan fingerprint density at radius 1 is 0.920 bits per heavy atom. The van der Waals surface area contributed by atoms with Crippen LogP contribution in [0.25, 0.3) is 0 Å². The maximum Gasteiger partial charge on any atom is 0.307 e. The molecule has 1 heterocycles. The number of hydrogen-bond donors (Lipinski definition) is 1. The number of nitrogens with zero attached hydrogens (tertiary/aromatic N) is 1. The van der Waals surface area contributed by atoms with Gasteiger partial charge in [-0.1, -0.05) is 13.8 Å². The van der Waals surface area contributed by atoms with Gasteiger partial charge >= 0.3 is 11.9 Å². The second kappa shape index (κ2) is 14.1. The molecule has 6 nitrogen and oxygen atoms in total. The molecule has 146 valence electrons. The zero-order chi connectivity index (χ0) is 18.3. The van der Waals surface area contributed by atoms with Crippen LogP contribution >= 0.6 is 0 Å². The second-order valence-corrected chi connectivity index (χ2v) is 7.13. The fourth-order valence-electron chi connectivity index (χ4n) is 2.66. The minimum Gasteiger partial charge on any atom is -0.466 e. The number of ether oxygens (including phenoxy) is 2. The topological polar surface area (TPSA) is 67.9 Å². The lowest BCUT2D eigenvalue weighted by Crippen LogP contribution is -2.44. The molecule has 1 rings (SSSR count). The molecule has 1 saturated heterocycles. The van der Waals surface area contributed by atoms with Crippen LogP contribution in [-0.4, -0.2) is 62.8 Å². The molecule has 0 unspecified atom stereocenters. The van der Waals surface area contributed by atoms with Gasteiger partial charge in [-0.15, -0.1) is 0 Å². The average Bonchev–Trinajstić information content (AvgIpc) is 2.61. The highest BCUT2D eigenvalue weighted by Gasteiger charge is 2.11. The number of piperazine rings is 1. The molecular weight excluding hydrogens is 320 g/mol. The number of esters is 2. The quantitative estimate of drug-likeness (QED) is 0.404. The number of rotatable bonds is 13. The van der Waals surface area contributed by atoms with Gasteiger partial charge < -0.3 is 19.7 Å². The van der Waals surface area contributed by atoms with Crippen LogP contribution < -0.4 is 5.32 Å². The Balaban J connectivity index is 1.84. The molecular formula is C19H36N2O4. The normalized spacial score (nSPS) is 15.3. The summed E-state index contributed by atoms with van der Waals surface area (Å²) < 4.78 is 10.5. The van der Waals surface area contributed by atoms with Gasteiger partial charge in [0.1, 0.15) is 0 Å². The number of nitrogens with one attached hydrogen (secondary N) is 1. The molecule has 0 amide bonds. The van der Waals surface area contributed by atoms with Gasteiger partial charge in [-0.25, -0.2) is 0 Å². The van der Waals surface area contributed by atoms with E-state index < -0.39 is 0 Å². The fraction of sp³-hybridized carbons (Fsp3) is 0.895. The SMILES string of the molecule is CC(C)CCC(=O)OCCCCCCOC(=O)CCN1CCNCC1. The van der Waals surface area contributed by atoms with E-state index in [9.17, 15) is 9.59 Å². The van der Waals surface area contributed by atoms with Crippen LogP contribution in [-0.2, 0) is 19.1 Å². The first-order chi connectivity index (χ1) is 12.1. The summed E-state index contributed by atoms with van der Waals surface area (Å²) in [5.41, 5.74) is 0. The Morgan fingerprint density at radius 3 is 2.04 bits per heavy atom. The summed E-state index contributed by atoms with van der Waals surface area (Å²) in [6.45, 7) is 10.0. The summed E-state index contributed by atoms with van der Waals surface area (Å²) in [6, 6.07) is 0. The van der Waals surface area contributed by atoms with Crippen LogP contribution in [0.3, 0.4) is 0 Å². The first-order valence-corrected chi connectivity index (χ1v) is 9.82. The van der Waals surface area contributed by atoms with Crippen molar-refractivity contribution >= 4 is 11.9 Å². The highest BCUT2D eigenvalue weighted by Crippen LogP contribution is 2.06. The molecule has 0 atom stereocenters. The van der Waals surface area contributed by atoms with Crippen LogP contribution in [0.2, 0.25) is 0 Å². The Bertz CT molecular complexity index is 368. The summed E-state index contributed by atoms with van der Waals surface area (Å²) in [6.07, 6.45) is 5.63. The van der Waals surface area contributed by atoms with Crippen molar-refractivity contribution < 1.29 is 19.1 Å². The molecule has 1 fully saturated rings. The number of unbranched alkanes of at least 4 members (excludes halogenated alkanes) is 3. The van der Waals surface area contributed by atoms with Gasteiger partial charge in [-0.2, -0.15) is 0 Å². The molecule has 0 aromatic rings. The summed E-state index contributed by atoms with van der Waals surface area (Å²) in [5, 5.41) is 3.30. The van der Waals surface area contributed by atoms with E-state index in [1.54, 1.807) is 0 Å². The Hall–Kier alpha value is -1.14. The fourth-order valence-corrected chi connectivity index (χ4v) is 2.66. The Morgan fingerprint density at radius 2 is 1.48 bits per heavy atom. The van der Waals surface area contributed by atoms with Crippen LogP contribution in [0, 0.1) is 5.92 Å². The van der Waals surface area contributed by atoms with Gasteiger partial charge in [0.05, 0.1) is 19.6 Å². The van der Waals surface area contributed by atoms with E-state index in [0.717, 1.165) is 64.8 Å². The van der Waals surface area contributed by atoms with E-state index in [4.69, 9.17) is 9.47 Å². The molecule has 0 aromatic heterocycles. The van der Waals surface area contributed by atoms with Crippen LogP contribution in [0.1, 0.15) is 58.8 Å². The van der Waals surface area contributed by atoms with Crippen molar-refractivity contribution in [1.29, 1.82) is 0 Å². The minimum absolute atomic E-state index is 0.0906. The number of carbonyl (C=O) groups is 2. The van der Waals surface area contributed by atoms with E-state index in [2.05, 4.69) is 24.1 Å². The predicted octanol–water partition coefficient (Wildman–Crippen LogP) is 2.36. The molecule has 1 N–H and O–H groups in total. The van der Waals surface area contributed by atoms with Crippen molar-refractivity contribution in [2.24, 2.45) is 5.92 Å². The molecule has 1 aliphatic rings. The highest BCUT2D eigenvalue weighted by atomic mass is 16.5. The molecule has 0 aromatic carbocycles. The van der Waals surface area contributed by atoms with E-state index in [1.807, 2.05) is 0 Å². The third-order valence-electron chi connectivity index (χ3n) is 4.33. The van der Waals surface area contributed by atoms with Crippen LogP contribution in [0.15, 0.2) is 0 Å². The highest BCUT2D eigenvalue weighted by molar-refractivity contribution is 5.69. The number of hydrogen-bond acceptors (Lipinski definition) is 6. The van der Waals surface area contributed by atoms with Gasteiger partial charge in [-0.05, 0) is 38.0 Å². The molecule has 0 saturated carbocycles. The first-order valence-electron chi connectivity index (χ1n) is 9.82. The van der Waals surface area contributed by atoms with Crippen molar-refractivity contribution in [2.45, 2.75) is 58.8 Å². The Labute approximate surface area is 152 Å². The standard InChI is InChI=1S/C19H36N2O4/c1-17(2)7-8-18(22)24-15-5-3-4-6-16-25-19(23)9-12-21-13-10-20-11-14-21/h17,20H,3-16H2,1-2H3. The molecule has 0 spiro atoms. The zero-order valence-corrected chi connectivity index (χ0v) is 16.1. The monoisotopic (exact) mass is 356 g/mol. The third-order valence-corrected chi connectivity index (χ3v) is 4.33. The zero-order valence-electron chi connectivity index (χ0n) is 16.1. The van der Waals surface area contributed by atoms with Crippen molar-refractivity contribution in [3.05, 3.63) is 0 Å². The summed E-state index contributed by atoms with van der Waals surface area (Å²) >= 11 is 0. The lowest BCUT2D eigenvalue weighted by molar-refractivity contribution is -0.145. The van der Waals surface area contributed by atoms with Gasteiger partial charge in [0.2, 0.25) is 0 Å². The molecule has 6 heteroatoms. The second-order valence-electron chi connectivity index (χ2n) is 7.13. The van der Waals surface area contributed by atoms with Gasteiger partial charge in [0.25, 0.3) is 0 Å². The van der Waals surface area contributed by atoms with Crippen LogP contribution in [0.4, 0.5) is 0 Å². The summed E-state index contributed by atoms with van der Waals surface area (Å²) in [4.78, 5) is 25.4. The van der Waals surface area contributed by atoms with Crippen molar-refractivity contribution in [3.8, 4) is 0 Å². The van der Waals surface area contributed by atoms with Crippen LogP contribution in [0.5, 0.6) is 0 Å². The van der Waals surface area contributed by atoms with E-state index >= 15 is 0 Å². The molecule has 25 heavy (non-hydrogen) atoms. The van der Waals surface area contributed by atoms with E-state index in [-0.39, 0.29) is 11.9 Å². The first kappa shape index (κ1) is 21.9. The van der Waals surface area contributed by atoms with E-state index in [0.29, 0.717) is 32.0 Å². The molecule has 0 aliphatic carbocycles. The third kappa shape index (κ3) is 12.8. The smallest absolute Gasteiger partial charge is 0.307 e. The van der Waals surface area contributed by atoms with Gasteiger partial charge in [0.15, 0.2) is 0 Å². The summed E-state index contributed by atoms with van der Waals surface area (Å²) in [5.74, 6) is 0.344. The molecule has 0 bridgehead atoms. The predicted molar refractivity (Wildman–Crippen MR) is 98.4 cm³/mol. The van der Waals surface area contributed by atoms with Crippen molar-refractivity contribution in [3.63, 3.8) is 0 Å². The maximum absolute atomic E-state index is 11.7. The van der Waals surface area contributed by atoms with Crippen molar-refractivity contribution in [1.82, 2.24) is 10.2 Å².